The van der Waals surface area contributed by atoms with Crippen molar-refractivity contribution in [1.29, 1.82) is 0 Å². The van der Waals surface area contributed by atoms with Gasteiger partial charge in [-0.05, 0) is 38.1 Å². The summed E-state index contributed by atoms with van der Waals surface area (Å²) in [5.74, 6) is 0. The molecule has 1 saturated carbocycles. The van der Waals surface area contributed by atoms with Gasteiger partial charge in [-0.2, -0.15) is 0 Å². The molecule has 1 aliphatic rings. The van der Waals surface area contributed by atoms with Gasteiger partial charge in [0.1, 0.15) is 0 Å². The zero-order chi connectivity index (χ0) is 14.1. The fourth-order valence-corrected chi connectivity index (χ4v) is 3.26. The van der Waals surface area contributed by atoms with Crippen LogP contribution in [0, 0.1) is 5.41 Å². The van der Waals surface area contributed by atoms with Crippen molar-refractivity contribution >= 4 is 0 Å². The van der Waals surface area contributed by atoms with Crippen LogP contribution in [0.4, 0.5) is 0 Å². The van der Waals surface area contributed by atoms with E-state index in [2.05, 4.69) is 31.0 Å². The van der Waals surface area contributed by atoms with Gasteiger partial charge in [0.05, 0.1) is 6.61 Å². The molecule has 1 fully saturated rings. The van der Waals surface area contributed by atoms with Crippen molar-refractivity contribution < 1.29 is 4.74 Å². The fraction of sp³-hybridized carbons (Fsp3) is 1.00. The number of ether oxygens (including phenoxy) is 1. The monoisotopic (exact) mass is 270 g/mol. The average molecular weight is 270 g/mol. The van der Waals surface area contributed by atoms with Crippen LogP contribution < -0.4 is 5.32 Å². The van der Waals surface area contributed by atoms with Crippen molar-refractivity contribution in [3.05, 3.63) is 0 Å². The van der Waals surface area contributed by atoms with Crippen LogP contribution in [0.1, 0.15) is 52.9 Å². The van der Waals surface area contributed by atoms with Gasteiger partial charge in [0, 0.05) is 32.8 Å². The Morgan fingerprint density at radius 3 is 2.47 bits per heavy atom. The Kier molecular flexibility index (Phi) is 7.96. The summed E-state index contributed by atoms with van der Waals surface area (Å²) in [7, 11) is 1.80. The molecule has 19 heavy (non-hydrogen) atoms. The predicted octanol–water partition coefficient (Wildman–Crippen LogP) is 2.90. The minimum Gasteiger partial charge on any atom is -0.383 e. The Hall–Kier alpha value is -0.120. The molecule has 1 atom stereocenters. The van der Waals surface area contributed by atoms with Crippen molar-refractivity contribution in [2.75, 3.05) is 39.9 Å². The minimum atomic E-state index is 0.507. The molecule has 0 aromatic carbocycles. The molecule has 0 aromatic rings. The van der Waals surface area contributed by atoms with Gasteiger partial charge in [0.15, 0.2) is 0 Å². The van der Waals surface area contributed by atoms with E-state index in [1.807, 2.05) is 0 Å². The van der Waals surface area contributed by atoms with E-state index in [4.69, 9.17) is 4.74 Å². The van der Waals surface area contributed by atoms with Crippen molar-refractivity contribution in [3.8, 4) is 0 Å². The van der Waals surface area contributed by atoms with E-state index < -0.39 is 0 Å². The van der Waals surface area contributed by atoms with Crippen molar-refractivity contribution in [2.24, 2.45) is 5.41 Å². The summed E-state index contributed by atoms with van der Waals surface area (Å²) >= 11 is 0. The summed E-state index contributed by atoms with van der Waals surface area (Å²) in [6, 6.07) is 0.661. The van der Waals surface area contributed by atoms with E-state index in [-0.39, 0.29) is 0 Å². The number of nitrogens with zero attached hydrogens (tertiary/aromatic N) is 1. The average Bonchev–Trinajstić information content (AvgIpc) is 2.89. The standard InChI is InChI=1S/C16H34N2O/c1-5-15(3)18(11-12-19-4)14-16(13-17-6-2)9-7-8-10-16/h15,17H,5-14H2,1-4H3. The summed E-state index contributed by atoms with van der Waals surface area (Å²) < 4.78 is 5.29. The first-order valence-corrected chi connectivity index (χ1v) is 8.11. The van der Waals surface area contributed by atoms with E-state index in [0.29, 0.717) is 11.5 Å². The third-order valence-electron chi connectivity index (χ3n) is 4.75. The van der Waals surface area contributed by atoms with E-state index in [0.717, 1.165) is 19.7 Å². The quantitative estimate of drug-likeness (QED) is 0.660. The van der Waals surface area contributed by atoms with Gasteiger partial charge in [0.2, 0.25) is 0 Å². The zero-order valence-electron chi connectivity index (χ0n) is 13.5. The van der Waals surface area contributed by atoms with Gasteiger partial charge in [-0.15, -0.1) is 0 Å². The first-order chi connectivity index (χ1) is 9.17. The van der Waals surface area contributed by atoms with Crippen LogP contribution in [0.25, 0.3) is 0 Å². The van der Waals surface area contributed by atoms with Gasteiger partial charge >= 0.3 is 0 Å². The van der Waals surface area contributed by atoms with E-state index in [1.54, 1.807) is 7.11 Å². The molecule has 1 unspecified atom stereocenters. The van der Waals surface area contributed by atoms with E-state index in [1.165, 1.54) is 45.2 Å². The molecule has 0 saturated heterocycles. The van der Waals surface area contributed by atoms with Gasteiger partial charge in [-0.25, -0.2) is 0 Å². The summed E-state index contributed by atoms with van der Waals surface area (Å²) in [6.45, 7) is 12.3. The van der Waals surface area contributed by atoms with Crippen LogP contribution in [0.2, 0.25) is 0 Å². The summed E-state index contributed by atoms with van der Waals surface area (Å²) in [4.78, 5) is 2.64. The highest BCUT2D eigenvalue weighted by molar-refractivity contribution is 4.90. The molecule has 0 bridgehead atoms. The lowest BCUT2D eigenvalue weighted by molar-refractivity contribution is 0.0784. The van der Waals surface area contributed by atoms with Crippen molar-refractivity contribution in [3.63, 3.8) is 0 Å². The second-order valence-corrected chi connectivity index (χ2v) is 6.21. The van der Waals surface area contributed by atoms with E-state index >= 15 is 0 Å². The summed E-state index contributed by atoms with van der Waals surface area (Å²) in [6.07, 6.45) is 6.81. The third kappa shape index (κ3) is 5.41. The number of hydrogen-bond donors (Lipinski definition) is 1. The minimum absolute atomic E-state index is 0.507. The molecule has 3 heteroatoms. The highest BCUT2D eigenvalue weighted by Gasteiger charge is 2.35. The lowest BCUT2D eigenvalue weighted by Gasteiger charge is -2.38. The van der Waals surface area contributed by atoms with Crippen LogP contribution >= 0.6 is 0 Å². The van der Waals surface area contributed by atoms with Crippen LogP contribution in [-0.2, 0) is 4.74 Å². The van der Waals surface area contributed by atoms with Crippen molar-refractivity contribution in [2.45, 2.75) is 58.9 Å². The third-order valence-corrected chi connectivity index (χ3v) is 4.75. The molecule has 0 amide bonds. The normalized spacial score (nSPS) is 20.1. The molecule has 1 rings (SSSR count). The highest BCUT2D eigenvalue weighted by Crippen LogP contribution is 2.38. The second kappa shape index (κ2) is 8.93. The maximum Gasteiger partial charge on any atom is 0.0589 e. The van der Waals surface area contributed by atoms with Crippen molar-refractivity contribution in [1.82, 2.24) is 10.2 Å². The first kappa shape index (κ1) is 16.9. The largest absolute Gasteiger partial charge is 0.383 e. The molecule has 0 aromatic heterocycles. The van der Waals surface area contributed by atoms with E-state index in [9.17, 15) is 0 Å². The molecule has 0 spiro atoms. The smallest absolute Gasteiger partial charge is 0.0589 e. The highest BCUT2D eigenvalue weighted by atomic mass is 16.5. The number of nitrogens with one attached hydrogen (secondary N) is 1. The Labute approximate surface area is 120 Å². The predicted molar refractivity (Wildman–Crippen MR) is 82.6 cm³/mol. The molecule has 114 valence electrons. The van der Waals surface area contributed by atoms with Gasteiger partial charge < -0.3 is 10.1 Å². The van der Waals surface area contributed by atoms with Gasteiger partial charge in [-0.1, -0.05) is 26.7 Å². The molecule has 0 radical (unpaired) electrons. The van der Waals surface area contributed by atoms with Gasteiger partial charge in [0.25, 0.3) is 0 Å². The first-order valence-electron chi connectivity index (χ1n) is 8.11. The topological polar surface area (TPSA) is 24.5 Å². The molecule has 0 heterocycles. The number of hydrogen-bond acceptors (Lipinski definition) is 3. The van der Waals surface area contributed by atoms with Crippen LogP contribution in [0.15, 0.2) is 0 Å². The molecular formula is C16H34N2O. The van der Waals surface area contributed by atoms with Crippen LogP contribution in [0.5, 0.6) is 0 Å². The summed E-state index contributed by atoms with van der Waals surface area (Å²) in [5, 5.41) is 3.59. The van der Waals surface area contributed by atoms with Crippen LogP contribution in [0.3, 0.4) is 0 Å². The Morgan fingerprint density at radius 1 is 1.26 bits per heavy atom. The second-order valence-electron chi connectivity index (χ2n) is 6.21. The molecule has 3 nitrogen and oxygen atoms in total. The lowest BCUT2D eigenvalue weighted by Crippen LogP contribution is -2.46. The SMILES string of the molecule is CCNCC1(CN(CCOC)C(C)CC)CCCC1. The summed E-state index contributed by atoms with van der Waals surface area (Å²) in [5.41, 5.74) is 0.507. The van der Waals surface area contributed by atoms with Crippen LogP contribution in [-0.4, -0.2) is 50.8 Å². The molecule has 1 N–H and O–H groups in total. The Morgan fingerprint density at radius 2 is 1.95 bits per heavy atom. The molecular weight excluding hydrogens is 236 g/mol. The maximum absolute atomic E-state index is 5.29. The number of rotatable bonds is 10. The molecule has 1 aliphatic carbocycles. The lowest BCUT2D eigenvalue weighted by atomic mass is 9.84. The Balaban J connectivity index is 2.61. The maximum atomic E-state index is 5.29. The van der Waals surface area contributed by atoms with Gasteiger partial charge in [-0.3, -0.25) is 4.90 Å². The Bertz CT molecular complexity index is 227. The fourth-order valence-electron chi connectivity index (χ4n) is 3.26. The number of methoxy groups -OCH3 is 1. The zero-order valence-corrected chi connectivity index (χ0v) is 13.5. The molecule has 0 aliphatic heterocycles.